The van der Waals surface area contributed by atoms with Crippen molar-refractivity contribution in [3.8, 4) is 11.5 Å². The number of rotatable bonds is 6. The van der Waals surface area contributed by atoms with E-state index in [1.165, 1.54) is 4.68 Å². The Kier molecular flexibility index (Phi) is 5.94. The van der Waals surface area contributed by atoms with Gasteiger partial charge in [-0.05, 0) is 36.4 Å². The first-order chi connectivity index (χ1) is 14.9. The van der Waals surface area contributed by atoms with Gasteiger partial charge in [0.15, 0.2) is 5.69 Å². The predicted molar refractivity (Wildman–Crippen MR) is 106 cm³/mol. The molecule has 4 rings (SSSR count). The standard InChI is InChI=1S/C22H20F3N3O3/c23-22(24,25)20-18-14-30-13-10-19(18)28(27-20)12-11-26-21(29)15-6-8-17(9-7-15)31-16-4-2-1-3-5-16/h1-9H,10-14H2,(H,26,29). The fourth-order valence-corrected chi connectivity index (χ4v) is 3.40. The third-order valence-electron chi connectivity index (χ3n) is 4.87. The molecule has 9 heteroatoms. The highest BCUT2D eigenvalue weighted by Crippen LogP contribution is 2.34. The summed E-state index contributed by atoms with van der Waals surface area (Å²) in [5.74, 6) is 0.949. The van der Waals surface area contributed by atoms with E-state index in [1.54, 1.807) is 24.3 Å². The summed E-state index contributed by atoms with van der Waals surface area (Å²) in [5.41, 5.74) is 0.101. The van der Waals surface area contributed by atoms with Crippen LogP contribution < -0.4 is 10.1 Å². The highest BCUT2D eigenvalue weighted by molar-refractivity contribution is 5.94. The molecule has 2 heterocycles. The summed E-state index contributed by atoms with van der Waals surface area (Å²) in [6, 6.07) is 15.9. The van der Waals surface area contributed by atoms with Crippen molar-refractivity contribution in [3.63, 3.8) is 0 Å². The van der Waals surface area contributed by atoms with E-state index in [4.69, 9.17) is 9.47 Å². The number of nitrogens with zero attached hydrogens (tertiary/aromatic N) is 2. The van der Waals surface area contributed by atoms with Crippen molar-refractivity contribution in [2.45, 2.75) is 25.7 Å². The maximum absolute atomic E-state index is 13.2. The molecule has 0 spiro atoms. The Morgan fingerprint density at radius 2 is 1.81 bits per heavy atom. The minimum absolute atomic E-state index is 0.0825. The second-order valence-corrected chi connectivity index (χ2v) is 6.99. The van der Waals surface area contributed by atoms with Crippen LogP contribution in [0.1, 0.15) is 27.3 Å². The first-order valence-electron chi connectivity index (χ1n) is 9.76. The molecule has 162 valence electrons. The lowest BCUT2D eigenvalue weighted by Gasteiger charge is -2.15. The maximum Gasteiger partial charge on any atom is 0.435 e. The quantitative estimate of drug-likeness (QED) is 0.636. The van der Waals surface area contributed by atoms with Crippen LogP contribution in [0.3, 0.4) is 0 Å². The van der Waals surface area contributed by atoms with Gasteiger partial charge in [-0.2, -0.15) is 18.3 Å². The Morgan fingerprint density at radius 3 is 2.52 bits per heavy atom. The number of carbonyl (C=O) groups excluding carboxylic acids is 1. The van der Waals surface area contributed by atoms with E-state index < -0.39 is 11.9 Å². The number of amides is 1. The van der Waals surface area contributed by atoms with E-state index in [0.29, 0.717) is 35.8 Å². The fraction of sp³-hybridized carbons (Fsp3) is 0.273. The van der Waals surface area contributed by atoms with Crippen LogP contribution >= 0.6 is 0 Å². The highest BCUT2D eigenvalue weighted by atomic mass is 19.4. The van der Waals surface area contributed by atoms with Crippen LogP contribution in [0.4, 0.5) is 13.2 Å². The molecule has 1 N–H and O–H groups in total. The Labute approximate surface area is 176 Å². The van der Waals surface area contributed by atoms with Gasteiger partial charge >= 0.3 is 6.18 Å². The molecular formula is C22H20F3N3O3. The molecule has 1 aromatic heterocycles. The van der Waals surface area contributed by atoms with E-state index in [2.05, 4.69) is 10.4 Å². The molecule has 0 radical (unpaired) electrons. The number of hydrogen-bond donors (Lipinski definition) is 1. The summed E-state index contributed by atoms with van der Waals surface area (Å²) in [6.45, 7) is 0.528. The minimum atomic E-state index is -4.54. The molecule has 0 aliphatic carbocycles. The van der Waals surface area contributed by atoms with E-state index in [9.17, 15) is 18.0 Å². The molecule has 6 nitrogen and oxygen atoms in total. The number of fused-ring (bicyclic) bond motifs is 1. The average Bonchev–Trinajstić information content (AvgIpc) is 3.14. The molecule has 0 saturated carbocycles. The van der Waals surface area contributed by atoms with Crippen molar-refractivity contribution in [2.75, 3.05) is 13.2 Å². The van der Waals surface area contributed by atoms with Crippen molar-refractivity contribution in [2.24, 2.45) is 0 Å². The van der Waals surface area contributed by atoms with Crippen LogP contribution in [0, 0.1) is 0 Å². The molecule has 0 saturated heterocycles. The molecule has 1 aliphatic rings. The zero-order chi connectivity index (χ0) is 21.8. The third kappa shape index (κ3) is 4.88. The number of para-hydroxylation sites is 1. The Hall–Kier alpha value is -3.33. The van der Waals surface area contributed by atoms with Crippen LogP contribution in [0.25, 0.3) is 0 Å². The van der Waals surface area contributed by atoms with Gasteiger partial charge in [-0.25, -0.2) is 0 Å². The van der Waals surface area contributed by atoms with Crippen LogP contribution in [-0.2, 0) is 30.5 Å². The molecule has 0 fully saturated rings. The van der Waals surface area contributed by atoms with Crippen molar-refractivity contribution < 1.29 is 27.4 Å². The van der Waals surface area contributed by atoms with Gasteiger partial charge in [0.05, 0.1) is 19.8 Å². The molecule has 2 aromatic carbocycles. The summed E-state index contributed by atoms with van der Waals surface area (Å²) in [5, 5.41) is 6.45. The van der Waals surface area contributed by atoms with E-state index >= 15 is 0 Å². The van der Waals surface area contributed by atoms with Gasteiger partial charge in [-0.15, -0.1) is 0 Å². The zero-order valence-electron chi connectivity index (χ0n) is 16.5. The molecule has 3 aromatic rings. The maximum atomic E-state index is 13.2. The fourth-order valence-electron chi connectivity index (χ4n) is 3.40. The molecule has 0 unspecified atom stereocenters. The van der Waals surface area contributed by atoms with Crippen LogP contribution in [0.2, 0.25) is 0 Å². The van der Waals surface area contributed by atoms with Crippen molar-refractivity contribution in [1.82, 2.24) is 15.1 Å². The lowest BCUT2D eigenvalue weighted by atomic mass is 10.1. The minimum Gasteiger partial charge on any atom is -0.457 e. The topological polar surface area (TPSA) is 65.4 Å². The normalized spacial score (nSPS) is 13.5. The lowest BCUT2D eigenvalue weighted by Crippen LogP contribution is -2.28. The second-order valence-electron chi connectivity index (χ2n) is 6.99. The number of hydrogen-bond acceptors (Lipinski definition) is 4. The van der Waals surface area contributed by atoms with E-state index in [-0.39, 0.29) is 31.2 Å². The number of alkyl halides is 3. The third-order valence-corrected chi connectivity index (χ3v) is 4.87. The number of halogens is 3. The highest BCUT2D eigenvalue weighted by Gasteiger charge is 2.39. The Morgan fingerprint density at radius 1 is 1.10 bits per heavy atom. The van der Waals surface area contributed by atoms with Crippen molar-refractivity contribution in [1.29, 1.82) is 0 Å². The number of benzene rings is 2. The van der Waals surface area contributed by atoms with Crippen molar-refractivity contribution in [3.05, 3.63) is 77.1 Å². The molecule has 31 heavy (non-hydrogen) atoms. The monoisotopic (exact) mass is 431 g/mol. The van der Waals surface area contributed by atoms with E-state index in [1.807, 2.05) is 30.3 Å². The van der Waals surface area contributed by atoms with E-state index in [0.717, 1.165) is 0 Å². The molecule has 0 atom stereocenters. The van der Waals surface area contributed by atoms with Crippen LogP contribution in [0.15, 0.2) is 54.6 Å². The summed E-state index contributed by atoms with van der Waals surface area (Å²) < 4.78 is 51.8. The number of aromatic nitrogens is 2. The zero-order valence-corrected chi connectivity index (χ0v) is 16.5. The van der Waals surface area contributed by atoms with Gasteiger partial charge in [0, 0.05) is 29.8 Å². The summed E-state index contributed by atoms with van der Waals surface area (Å²) in [6.07, 6.45) is -4.18. The number of carbonyl (C=O) groups is 1. The molecular weight excluding hydrogens is 411 g/mol. The molecule has 1 amide bonds. The first-order valence-corrected chi connectivity index (χ1v) is 9.76. The second kappa shape index (κ2) is 8.81. The van der Waals surface area contributed by atoms with Gasteiger partial charge in [0.1, 0.15) is 11.5 Å². The smallest absolute Gasteiger partial charge is 0.435 e. The molecule has 1 aliphatic heterocycles. The van der Waals surface area contributed by atoms with Gasteiger partial charge < -0.3 is 14.8 Å². The Balaban J connectivity index is 1.36. The average molecular weight is 431 g/mol. The van der Waals surface area contributed by atoms with Crippen LogP contribution in [-0.4, -0.2) is 28.8 Å². The lowest BCUT2D eigenvalue weighted by molar-refractivity contribution is -0.142. The SMILES string of the molecule is O=C(NCCn1nc(C(F)(F)F)c2c1CCOC2)c1ccc(Oc2ccccc2)cc1. The summed E-state index contributed by atoms with van der Waals surface area (Å²) in [4.78, 5) is 12.4. The van der Waals surface area contributed by atoms with Gasteiger partial charge in [0.25, 0.3) is 5.91 Å². The van der Waals surface area contributed by atoms with Gasteiger partial charge in [-0.1, -0.05) is 18.2 Å². The Bertz CT molecular complexity index is 1050. The first kappa shape index (κ1) is 20.9. The summed E-state index contributed by atoms with van der Waals surface area (Å²) >= 11 is 0. The van der Waals surface area contributed by atoms with Crippen molar-refractivity contribution >= 4 is 5.91 Å². The summed E-state index contributed by atoms with van der Waals surface area (Å²) in [7, 11) is 0. The molecule has 0 bridgehead atoms. The largest absolute Gasteiger partial charge is 0.457 e. The van der Waals surface area contributed by atoms with Gasteiger partial charge in [0.2, 0.25) is 0 Å². The number of ether oxygens (including phenoxy) is 2. The number of nitrogens with one attached hydrogen (secondary N) is 1. The predicted octanol–water partition coefficient (Wildman–Crippen LogP) is 4.20. The van der Waals surface area contributed by atoms with Crippen LogP contribution in [0.5, 0.6) is 11.5 Å². The van der Waals surface area contributed by atoms with Gasteiger partial charge in [-0.3, -0.25) is 9.48 Å².